The SMILES string of the molecule is CCCCCCCCCCCCBr.[4CH4]. The van der Waals surface area contributed by atoms with Gasteiger partial charge in [0, 0.05) is 5.33 Å². The first kappa shape index (κ1) is 16.9. The van der Waals surface area contributed by atoms with Crippen LogP contribution in [0.15, 0.2) is 0 Å². The number of hydrogen-bond donors (Lipinski definition) is 0. The van der Waals surface area contributed by atoms with Crippen molar-refractivity contribution in [1.29, 1.82) is 0 Å². The van der Waals surface area contributed by atoms with E-state index in [1.165, 1.54) is 69.5 Å². The van der Waals surface area contributed by atoms with Crippen LogP contribution in [-0.4, -0.2) is 5.33 Å². The third-order valence-electron chi connectivity index (χ3n) is 2.49. The smallest absolute Gasteiger partial charge is 0.00313 e. The second kappa shape index (κ2) is 15.9. The fourth-order valence-electron chi connectivity index (χ4n) is 1.58. The highest BCUT2D eigenvalue weighted by atomic mass is 79.9. The molecule has 0 spiro atoms. The zero-order valence-electron chi connectivity index (χ0n) is 9.16. The van der Waals surface area contributed by atoms with Crippen LogP contribution < -0.4 is 0 Å². The van der Waals surface area contributed by atoms with Crippen LogP contribution in [0.2, 0.25) is 0 Å². The summed E-state index contributed by atoms with van der Waals surface area (Å²) in [5.41, 5.74) is 0. The minimum atomic E-state index is 0. The highest BCUT2D eigenvalue weighted by Crippen LogP contribution is 2.10. The summed E-state index contributed by atoms with van der Waals surface area (Å²) in [7, 11) is 0. The van der Waals surface area contributed by atoms with Gasteiger partial charge < -0.3 is 0 Å². The summed E-state index contributed by atoms with van der Waals surface area (Å²) in [6.45, 7) is 2.28. The molecule has 0 N–H and O–H groups in total. The third kappa shape index (κ3) is 15.0. The first-order chi connectivity index (χ1) is 6.41. The largest absolute Gasteiger partial charge is 0.0928 e. The minimum Gasteiger partial charge on any atom is -0.0928 e. The normalized spacial score (nSPS) is 9.86. The molecule has 0 atom stereocenters. The van der Waals surface area contributed by atoms with Gasteiger partial charge in [-0.1, -0.05) is 88.1 Å². The van der Waals surface area contributed by atoms with Gasteiger partial charge in [0.25, 0.3) is 0 Å². The van der Waals surface area contributed by atoms with Crippen molar-refractivity contribution >= 4 is 15.9 Å². The molecule has 0 aromatic heterocycles. The Morgan fingerprint density at radius 2 is 1.00 bits per heavy atom. The van der Waals surface area contributed by atoms with Gasteiger partial charge in [0.1, 0.15) is 0 Å². The molecule has 88 valence electrons. The number of halogens is 1. The van der Waals surface area contributed by atoms with Crippen LogP contribution in [0.5, 0.6) is 0 Å². The Bertz CT molecular complexity index is 71.3. The Morgan fingerprint density at radius 3 is 1.36 bits per heavy atom. The van der Waals surface area contributed by atoms with E-state index >= 15 is 0 Å². The molecule has 14 heavy (non-hydrogen) atoms. The van der Waals surface area contributed by atoms with Gasteiger partial charge in [0.05, 0.1) is 0 Å². The maximum absolute atomic E-state index is 3.46. The monoisotopic (exact) mass is 256 g/mol. The van der Waals surface area contributed by atoms with Crippen molar-refractivity contribution in [3.8, 4) is 0 Å². The summed E-state index contributed by atoms with van der Waals surface area (Å²) in [6, 6.07) is 0. The van der Waals surface area contributed by atoms with Crippen molar-refractivity contribution in [3.05, 3.63) is 0 Å². The number of unbranched alkanes of at least 4 members (excludes halogenated alkanes) is 9. The van der Waals surface area contributed by atoms with Crippen LogP contribution in [0.3, 0.4) is 0 Å². The summed E-state index contributed by atoms with van der Waals surface area (Å²) in [6.07, 6.45) is 14.3. The van der Waals surface area contributed by atoms with E-state index in [-0.39, 0.29) is 7.43 Å². The summed E-state index contributed by atoms with van der Waals surface area (Å²) < 4.78 is 0. The standard InChI is InChI=1S/C12H25Br.CH4/c1-2-3-4-5-6-7-8-9-10-11-12-13;/h2-12H2,1H3;1H4/i;1-8. The van der Waals surface area contributed by atoms with Crippen LogP contribution in [-0.2, 0) is 0 Å². The summed E-state index contributed by atoms with van der Waals surface area (Å²) in [5.74, 6) is 0. The topological polar surface area (TPSA) is 0 Å². The maximum Gasteiger partial charge on any atom is 0.00313 e. The second-order valence-corrected chi connectivity index (χ2v) is 4.66. The van der Waals surface area contributed by atoms with Gasteiger partial charge in [-0.05, 0) is 6.42 Å². The van der Waals surface area contributed by atoms with E-state index in [9.17, 15) is 0 Å². The Morgan fingerprint density at radius 1 is 0.643 bits per heavy atom. The lowest BCUT2D eigenvalue weighted by Crippen LogP contribution is -1.81. The quantitative estimate of drug-likeness (QED) is 0.335. The predicted octanol–water partition coefficient (Wildman–Crippen LogP) is 5.94. The van der Waals surface area contributed by atoms with E-state index in [1.54, 1.807) is 0 Å². The Kier molecular flexibility index (Phi) is 19.2. The van der Waals surface area contributed by atoms with E-state index in [0.717, 1.165) is 0 Å². The minimum absolute atomic E-state index is 0. The summed E-state index contributed by atoms with van der Waals surface area (Å²) in [4.78, 5) is 0. The number of alkyl halides is 1. The molecule has 0 unspecified atom stereocenters. The van der Waals surface area contributed by atoms with E-state index in [4.69, 9.17) is 0 Å². The molecule has 0 fully saturated rings. The lowest BCUT2D eigenvalue weighted by atomic mass is 4.00. The molecule has 0 saturated carbocycles. The highest BCUT2D eigenvalue weighted by Gasteiger charge is 1.91. The molecule has 0 rings (SSSR count). The van der Waals surface area contributed by atoms with Crippen molar-refractivity contribution in [2.24, 2.45) is 0 Å². The fourth-order valence-corrected chi connectivity index (χ4v) is 1.98. The molecule has 0 heterocycles. The Hall–Kier alpha value is 0.480. The van der Waals surface area contributed by atoms with Crippen molar-refractivity contribution in [2.75, 3.05) is 5.33 Å². The van der Waals surface area contributed by atoms with Crippen molar-refractivity contribution in [2.45, 2.75) is 78.6 Å². The maximum atomic E-state index is 3.46. The van der Waals surface area contributed by atoms with Crippen LogP contribution in [0.25, 0.3) is 0 Å². The van der Waals surface area contributed by atoms with E-state index in [1.807, 2.05) is 0 Å². The molecule has 1 heteroatoms. The van der Waals surface area contributed by atoms with Gasteiger partial charge in [-0.2, -0.15) is 0 Å². The lowest BCUT2D eigenvalue weighted by Gasteiger charge is -2.00. The van der Waals surface area contributed by atoms with Gasteiger partial charge in [0.2, 0.25) is 0 Å². The number of rotatable bonds is 10. The number of hydrogen-bond acceptors (Lipinski definition) is 0. The zero-order chi connectivity index (χ0) is 9.78. The molecule has 0 nitrogen and oxygen atoms in total. The van der Waals surface area contributed by atoms with Gasteiger partial charge in [-0.15, -0.1) is 0 Å². The highest BCUT2D eigenvalue weighted by molar-refractivity contribution is 9.09. The predicted molar refractivity (Wildman–Crippen MR) is 72.4 cm³/mol. The Labute approximate surface area is 100.0 Å². The van der Waals surface area contributed by atoms with Crippen molar-refractivity contribution in [1.82, 2.24) is 0 Å². The molecule has 0 aliphatic carbocycles. The van der Waals surface area contributed by atoms with Gasteiger partial charge >= 0.3 is 0 Å². The Balaban J connectivity index is 0. The molecule has 0 aliphatic rings. The fraction of sp³-hybridized carbons (Fsp3) is 1.00. The summed E-state index contributed by atoms with van der Waals surface area (Å²) >= 11 is 3.46. The average molecular weight is 257 g/mol. The van der Waals surface area contributed by atoms with E-state index in [0.29, 0.717) is 0 Å². The molecule has 0 radical (unpaired) electrons. The first-order valence-electron chi connectivity index (χ1n) is 5.97. The van der Waals surface area contributed by atoms with Crippen LogP contribution in [0, 0.1) is 0 Å². The van der Waals surface area contributed by atoms with Crippen LogP contribution >= 0.6 is 15.9 Å². The average Bonchev–Trinajstić information content (AvgIpc) is 2.16. The van der Waals surface area contributed by atoms with Gasteiger partial charge in [0.15, 0.2) is 0 Å². The second-order valence-electron chi connectivity index (χ2n) is 3.87. The van der Waals surface area contributed by atoms with Crippen LogP contribution in [0.4, 0.5) is 0 Å². The molecule has 0 bridgehead atoms. The van der Waals surface area contributed by atoms with E-state index < -0.39 is 0 Å². The first-order valence-corrected chi connectivity index (χ1v) is 7.10. The van der Waals surface area contributed by atoms with Gasteiger partial charge in [-0.25, -0.2) is 0 Å². The zero-order valence-corrected chi connectivity index (χ0v) is 10.7. The van der Waals surface area contributed by atoms with E-state index in [2.05, 4.69) is 22.9 Å². The summed E-state index contributed by atoms with van der Waals surface area (Å²) in [5, 5.41) is 1.18. The third-order valence-corrected chi connectivity index (χ3v) is 3.05. The molecule has 0 aliphatic heterocycles. The van der Waals surface area contributed by atoms with Crippen molar-refractivity contribution in [3.63, 3.8) is 0 Å². The molecular formula is C13H29Br. The van der Waals surface area contributed by atoms with Crippen molar-refractivity contribution < 1.29 is 0 Å². The molecule has 0 saturated heterocycles. The molecule has 0 aromatic carbocycles. The van der Waals surface area contributed by atoms with Gasteiger partial charge in [-0.3, -0.25) is 0 Å². The van der Waals surface area contributed by atoms with Crippen LogP contribution in [0.1, 0.15) is 78.6 Å². The molecule has 0 aromatic rings. The lowest BCUT2D eigenvalue weighted by molar-refractivity contribution is 0.563. The molecular weight excluding hydrogens is 228 g/mol. The molecule has 0 amide bonds.